The maximum absolute atomic E-state index is 13.6. The van der Waals surface area contributed by atoms with E-state index in [-0.39, 0.29) is 5.78 Å². The predicted octanol–water partition coefficient (Wildman–Crippen LogP) is 7.12. The molecule has 0 bridgehead atoms. The molecule has 6 aromatic carbocycles. The molecule has 0 amide bonds. The highest BCUT2D eigenvalue weighted by molar-refractivity contribution is 6.37. The zero-order valence-corrected chi connectivity index (χ0v) is 18.7. The summed E-state index contributed by atoms with van der Waals surface area (Å²) in [5, 5.41) is 6.63. The first-order chi connectivity index (χ1) is 17.3. The van der Waals surface area contributed by atoms with Crippen molar-refractivity contribution in [2.24, 2.45) is 0 Å². The molecule has 3 nitrogen and oxygen atoms in total. The number of aromatic amines is 1. The quantitative estimate of drug-likeness (QED) is 0.222. The molecule has 1 aliphatic rings. The van der Waals surface area contributed by atoms with Gasteiger partial charge in [0.25, 0.3) is 5.82 Å². The van der Waals surface area contributed by atoms with Gasteiger partial charge in [-0.25, -0.2) is 4.98 Å². The SMILES string of the molecule is O=C1c2cccc3ccc4cc(-c5[nH]c6ccccc6[n+]5-c5ccccc5)c5cccc1c5c4c23. The van der Waals surface area contributed by atoms with Gasteiger partial charge in [0.05, 0.1) is 5.56 Å². The summed E-state index contributed by atoms with van der Waals surface area (Å²) < 4.78 is 2.28. The third-order valence-corrected chi connectivity index (χ3v) is 7.36. The minimum Gasteiger partial charge on any atom is -0.289 e. The number of carbonyl (C=O) groups is 1. The molecule has 0 spiro atoms. The van der Waals surface area contributed by atoms with Crippen LogP contribution in [0.5, 0.6) is 0 Å². The average molecular weight is 448 g/mol. The number of imidazole rings is 1. The molecule has 0 unspecified atom stereocenters. The number of hydrogen-bond donors (Lipinski definition) is 1. The second-order valence-electron chi connectivity index (χ2n) is 9.21. The van der Waals surface area contributed by atoms with E-state index >= 15 is 0 Å². The van der Waals surface area contributed by atoms with Gasteiger partial charge in [0.2, 0.25) is 0 Å². The van der Waals surface area contributed by atoms with Crippen LogP contribution in [0, 0.1) is 0 Å². The van der Waals surface area contributed by atoms with Gasteiger partial charge in [-0.3, -0.25) is 4.79 Å². The second kappa shape index (κ2) is 6.64. The van der Waals surface area contributed by atoms with Gasteiger partial charge in [0.1, 0.15) is 5.69 Å². The number of fused-ring (bicyclic) bond motifs is 1. The van der Waals surface area contributed by atoms with Crippen LogP contribution in [0.25, 0.3) is 60.4 Å². The van der Waals surface area contributed by atoms with Crippen LogP contribution in [0.3, 0.4) is 0 Å². The molecule has 0 saturated carbocycles. The molecular formula is C32H19N2O+. The third-order valence-electron chi connectivity index (χ3n) is 7.36. The second-order valence-corrected chi connectivity index (χ2v) is 9.21. The summed E-state index contributed by atoms with van der Waals surface area (Å²) in [6.07, 6.45) is 0. The Morgan fingerprint density at radius 1 is 0.571 bits per heavy atom. The lowest BCUT2D eigenvalue weighted by Crippen LogP contribution is -2.31. The monoisotopic (exact) mass is 447 g/mol. The molecule has 162 valence electrons. The van der Waals surface area contributed by atoms with Crippen molar-refractivity contribution in [3.63, 3.8) is 0 Å². The Kier molecular flexibility index (Phi) is 3.54. The van der Waals surface area contributed by atoms with E-state index in [4.69, 9.17) is 0 Å². The van der Waals surface area contributed by atoms with E-state index in [1.165, 1.54) is 5.39 Å². The summed E-state index contributed by atoms with van der Waals surface area (Å²) in [4.78, 5) is 17.3. The van der Waals surface area contributed by atoms with E-state index in [0.29, 0.717) is 0 Å². The van der Waals surface area contributed by atoms with Crippen LogP contribution in [0.2, 0.25) is 0 Å². The number of nitrogens with one attached hydrogen (secondary N) is 1. The van der Waals surface area contributed by atoms with E-state index in [2.05, 4.69) is 88.4 Å². The molecule has 0 fully saturated rings. The molecule has 7 aromatic rings. The maximum Gasteiger partial charge on any atom is 0.293 e. The molecule has 8 rings (SSSR count). The van der Waals surface area contributed by atoms with Crippen molar-refractivity contribution in [3.05, 3.63) is 120 Å². The molecule has 1 N–H and O–H groups in total. The smallest absolute Gasteiger partial charge is 0.289 e. The molecular weight excluding hydrogens is 428 g/mol. The number of carbonyl (C=O) groups excluding carboxylic acids is 1. The van der Waals surface area contributed by atoms with Crippen molar-refractivity contribution in [3.8, 4) is 17.1 Å². The number of nitrogens with zero attached hydrogens (tertiary/aromatic N) is 1. The fraction of sp³-hybridized carbons (Fsp3) is 0. The van der Waals surface area contributed by atoms with Gasteiger partial charge < -0.3 is 0 Å². The summed E-state index contributed by atoms with van der Waals surface area (Å²) in [7, 11) is 0. The molecule has 3 heteroatoms. The number of benzene rings is 6. The van der Waals surface area contributed by atoms with E-state index in [1.807, 2.05) is 30.3 Å². The lowest BCUT2D eigenvalue weighted by molar-refractivity contribution is -0.554. The zero-order chi connectivity index (χ0) is 23.1. The van der Waals surface area contributed by atoms with Crippen LogP contribution in [-0.2, 0) is 0 Å². The van der Waals surface area contributed by atoms with Crippen molar-refractivity contribution in [2.75, 3.05) is 0 Å². The summed E-state index contributed by atoms with van der Waals surface area (Å²) in [6.45, 7) is 0. The fourth-order valence-electron chi connectivity index (χ4n) is 5.89. The Bertz CT molecular complexity index is 2020. The number of rotatable bonds is 2. The van der Waals surface area contributed by atoms with Crippen molar-refractivity contribution >= 4 is 49.1 Å². The van der Waals surface area contributed by atoms with Crippen molar-refractivity contribution in [1.29, 1.82) is 0 Å². The summed E-state index contributed by atoms with van der Waals surface area (Å²) >= 11 is 0. The first-order valence-corrected chi connectivity index (χ1v) is 11.8. The van der Waals surface area contributed by atoms with Gasteiger partial charge in [0.15, 0.2) is 16.8 Å². The summed E-state index contributed by atoms with van der Waals surface area (Å²) in [6, 6.07) is 37.6. The van der Waals surface area contributed by atoms with Gasteiger partial charge in [-0.2, -0.15) is 4.57 Å². The molecule has 35 heavy (non-hydrogen) atoms. The number of para-hydroxylation sites is 3. The van der Waals surface area contributed by atoms with Crippen LogP contribution in [0.1, 0.15) is 15.9 Å². The molecule has 1 aliphatic carbocycles. The molecule has 0 aliphatic heterocycles. The topological polar surface area (TPSA) is 36.7 Å². The van der Waals surface area contributed by atoms with Crippen LogP contribution >= 0.6 is 0 Å². The highest BCUT2D eigenvalue weighted by Crippen LogP contribution is 2.43. The molecule has 0 atom stereocenters. The normalized spacial score (nSPS) is 12.6. The Labute approximate surface area is 200 Å². The Morgan fingerprint density at radius 2 is 1.31 bits per heavy atom. The number of hydrogen-bond acceptors (Lipinski definition) is 1. The largest absolute Gasteiger partial charge is 0.293 e. The van der Waals surface area contributed by atoms with Crippen LogP contribution in [-0.4, -0.2) is 10.8 Å². The van der Waals surface area contributed by atoms with Gasteiger partial charge in [0, 0.05) is 21.9 Å². The van der Waals surface area contributed by atoms with Gasteiger partial charge in [-0.15, -0.1) is 0 Å². The van der Waals surface area contributed by atoms with Crippen LogP contribution < -0.4 is 4.57 Å². The van der Waals surface area contributed by atoms with E-state index in [9.17, 15) is 4.79 Å². The van der Waals surface area contributed by atoms with Gasteiger partial charge >= 0.3 is 0 Å². The minimum atomic E-state index is 0.103. The molecule has 0 saturated heterocycles. The first-order valence-electron chi connectivity index (χ1n) is 11.8. The van der Waals surface area contributed by atoms with E-state index in [0.717, 1.165) is 66.2 Å². The number of aromatic nitrogens is 2. The lowest BCUT2D eigenvalue weighted by atomic mass is 9.82. The highest BCUT2D eigenvalue weighted by atomic mass is 16.1. The van der Waals surface area contributed by atoms with E-state index < -0.39 is 0 Å². The van der Waals surface area contributed by atoms with E-state index in [1.54, 1.807) is 0 Å². The van der Waals surface area contributed by atoms with Crippen LogP contribution in [0.4, 0.5) is 0 Å². The molecule has 0 radical (unpaired) electrons. The van der Waals surface area contributed by atoms with Crippen molar-refractivity contribution < 1.29 is 9.36 Å². The van der Waals surface area contributed by atoms with Gasteiger partial charge in [-0.1, -0.05) is 78.9 Å². The number of H-pyrrole nitrogens is 1. The maximum atomic E-state index is 13.6. The molecule has 1 aromatic heterocycles. The Balaban J connectivity index is 1.59. The lowest BCUT2D eigenvalue weighted by Gasteiger charge is -2.20. The third kappa shape index (κ3) is 2.39. The Morgan fingerprint density at radius 3 is 2.20 bits per heavy atom. The summed E-state index contributed by atoms with van der Waals surface area (Å²) in [5.74, 6) is 1.11. The number of ketones is 1. The average Bonchev–Trinajstić information content (AvgIpc) is 3.30. The molecule has 1 heterocycles. The van der Waals surface area contributed by atoms with Crippen molar-refractivity contribution in [2.45, 2.75) is 0 Å². The standard InChI is InChI=1S/C32H18N2O/c35-31-23-12-6-8-19-16-17-20-18-25(22-11-7-13-24(31)30(22)29(20)28(19)23)32-33-26-14-4-5-15-27(26)34(32)21-9-2-1-3-10-21/h1-18H/p+1. The van der Waals surface area contributed by atoms with Crippen molar-refractivity contribution in [1.82, 2.24) is 4.98 Å². The zero-order valence-electron chi connectivity index (χ0n) is 18.7. The first kappa shape index (κ1) is 18.6. The highest BCUT2D eigenvalue weighted by Gasteiger charge is 2.29. The minimum absolute atomic E-state index is 0.103. The van der Waals surface area contributed by atoms with Crippen LogP contribution in [0.15, 0.2) is 109 Å². The fourth-order valence-corrected chi connectivity index (χ4v) is 5.89. The Hall–Kier alpha value is -4.76. The predicted molar refractivity (Wildman–Crippen MR) is 141 cm³/mol. The summed E-state index contributed by atoms with van der Waals surface area (Å²) in [5.41, 5.74) is 5.93. The van der Waals surface area contributed by atoms with Gasteiger partial charge in [-0.05, 0) is 51.9 Å².